The molecule has 0 spiro atoms. The molecule has 0 aromatic heterocycles. The van der Waals surface area contributed by atoms with Crippen LogP contribution in [0.4, 0.5) is 0 Å². The maximum atomic E-state index is 12.4. The van der Waals surface area contributed by atoms with E-state index in [-0.39, 0.29) is 6.61 Å². The van der Waals surface area contributed by atoms with E-state index >= 15 is 0 Å². The van der Waals surface area contributed by atoms with Gasteiger partial charge in [0.15, 0.2) is 43.1 Å². The maximum absolute atomic E-state index is 12.4. The lowest BCUT2D eigenvalue weighted by atomic mass is 9.96. The first-order valence-corrected chi connectivity index (χ1v) is 15.3. The van der Waals surface area contributed by atoms with E-state index in [0.717, 1.165) is 41.5 Å². The van der Waals surface area contributed by atoms with Crippen LogP contribution in [0.3, 0.4) is 0 Å². The van der Waals surface area contributed by atoms with Crippen LogP contribution in [0.15, 0.2) is 30.3 Å². The fourth-order valence-electron chi connectivity index (χ4n) is 5.28. The standard InChI is InChI=1S/C32H42O17/c1-16(33)40-14-23-26(44-19(4)36)28(46-21(6)38)30(31(39-7)47-23)49-32-29(42-13-22-11-9-8-10-12-22)27(45-20(5)37)25(43-18(3)35)24(48-32)15-41-17(2)34/h8-12,23-32H,13-15H2,1-7H3/t23-,24-,25-,26-,27+,28+,29-,30-,31-,32-/m1/s1. The molecule has 2 aliphatic heterocycles. The van der Waals surface area contributed by atoms with E-state index < -0.39 is 110 Å². The van der Waals surface area contributed by atoms with Crippen molar-refractivity contribution in [2.24, 2.45) is 0 Å². The summed E-state index contributed by atoms with van der Waals surface area (Å²) in [4.78, 5) is 72.7. The Hall–Kier alpha value is -4.16. The lowest BCUT2D eigenvalue weighted by Crippen LogP contribution is -2.67. The number of hydrogen-bond donors (Lipinski definition) is 0. The van der Waals surface area contributed by atoms with E-state index in [4.69, 9.17) is 52.1 Å². The Labute approximate surface area is 282 Å². The molecule has 0 radical (unpaired) electrons. The first-order chi connectivity index (χ1) is 23.2. The Morgan fingerprint density at radius 3 is 1.41 bits per heavy atom. The van der Waals surface area contributed by atoms with Gasteiger partial charge in [-0.25, -0.2) is 0 Å². The Bertz CT molecular complexity index is 1300. The van der Waals surface area contributed by atoms with Crippen molar-refractivity contribution in [2.75, 3.05) is 20.3 Å². The van der Waals surface area contributed by atoms with Crippen LogP contribution in [0.2, 0.25) is 0 Å². The molecule has 0 N–H and O–H groups in total. The van der Waals surface area contributed by atoms with Crippen LogP contribution in [0.25, 0.3) is 0 Å². The van der Waals surface area contributed by atoms with E-state index in [0.29, 0.717) is 5.56 Å². The third-order valence-electron chi connectivity index (χ3n) is 7.10. The molecule has 17 heteroatoms. The highest BCUT2D eigenvalue weighted by Crippen LogP contribution is 2.35. The molecule has 49 heavy (non-hydrogen) atoms. The van der Waals surface area contributed by atoms with Crippen molar-refractivity contribution in [2.45, 2.75) is 110 Å². The van der Waals surface area contributed by atoms with Crippen LogP contribution < -0.4 is 0 Å². The van der Waals surface area contributed by atoms with Gasteiger partial charge in [-0.1, -0.05) is 30.3 Å². The number of methoxy groups -OCH3 is 1. The molecule has 10 atom stereocenters. The molecule has 0 amide bonds. The number of hydrogen-bond acceptors (Lipinski definition) is 17. The van der Waals surface area contributed by atoms with Crippen LogP contribution in [0, 0.1) is 0 Å². The second-order valence-corrected chi connectivity index (χ2v) is 11.1. The summed E-state index contributed by atoms with van der Waals surface area (Å²) in [7, 11) is 1.26. The number of rotatable bonds is 14. The normalized spacial score (nSPS) is 29.5. The van der Waals surface area contributed by atoms with E-state index in [1.165, 1.54) is 7.11 Å². The molecular weight excluding hydrogens is 656 g/mol. The van der Waals surface area contributed by atoms with Crippen molar-refractivity contribution in [3.05, 3.63) is 35.9 Å². The SMILES string of the molecule is CO[C@@H]1O[C@H](COC(C)=O)[C@@H](OC(C)=O)[C@H](OC(C)=O)[C@H]1O[C@H]1O[C@H](COC(C)=O)[C@@H](OC(C)=O)[C@H](OC(C)=O)[C@H]1OCc1ccccc1. The lowest BCUT2D eigenvalue weighted by Gasteiger charge is -2.48. The predicted octanol–water partition coefficient (Wildman–Crippen LogP) is 0.906. The van der Waals surface area contributed by atoms with Crippen LogP contribution in [-0.2, 0) is 87.5 Å². The van der Waals surface area contributed by atoms with Crippen molar-refractivity contribution in [3.63, 3.8) is 0 Å². The smallest absolute Gasteiger partial charge is 0.303 e. The van der Waals surface area contributed by atoms with Crippen LogP contribution in [0.1, 0.15) is 47.1 Å². The van der Waals surface area contributed by atoms with E-state index in [2.05, 4.69) is 0 Å². The first-order valence-electron chi connectivity index (χ1n) is 15.3. The van der Waals surface area contributed by atoms with Crippen molar-refractivity contribution in [1.82, 2.24) is 0 Å². The van der Waals surface area contributed by atoms with Gasteiger partial charge in [0.05, 0.1) is 6.61 Å². The van der Waals surface area contributed by atoms with Gasteiger partial charge < -0.3 is 52.1 Å². The molecule has 1 aromatic rings. The topological polar surface area (TPSA) is 204 Å². The van der Waals surface area contributed by atoms with Gasteiger partial charge in [0.2, 0.25) is 0 Å². The fourth-order valence-corrected chi connectivity index (χ4v) is 5.28. The van der Waals surface area contributed by atoms with Gasteiger partial charge in [0.25, 0.3) is 0 Å². The van der Waals surface area contributed by atoms with E-state index in [1.807, 2.05) is 0 Å². The molecule has 0 unspecified atom stereocenters. The van der Waals surface area contributed by atoms with Gasteiger partial charge in [0.1, 0.15) is 31.5 Å². The summed E-state index contributed by atoms with van der Waals surface area (Å²) in [6.07, 6.45) is -13.8. The minimum Gasteiger partial charge on any atom is -0.463 e. The van der Waals surface area contributed by atoms with Crippen molar-refractivity contribution < 1.29 is 80.9 Å². The van der Waals surface area contributed by atoms with Crippen LogP contribution in [0.5, 0.6) is 0 Å². The van der Waals surface area contributed by atoms with Gasteiger partial charge in [-0.15, -0.1) is 0 Å². The largest absolute Gasteiger partial charge is 0.463 e. The molecule has 2 heterocycles. The molecular formula is C32H42O17. The molecule has 1 aromatic carbocycles. The second kappa shape index (κ2) is 18.6. The van der Waals surface area contributed by atoms with Gasteiger partial charge >= 0.3 is 35.8 Å². The summed E-state index contributed by atoms with van der Waals surface area (Å²) >= 11 is 0. The zero-order valence-electron chi connectivity index (χ0n) is 28.2. The monoisotopic (exact) mass is 698 g/mol. The van der Waals surface area contributed by atoms with Gasteiger partial charge in [-0.2, -0.15) is 0 Å². The van der Waals surface area contributed by atoms with Crippen molar-refractivity contribution in [1.29, 1.82) is 0 Å². The quantitative estimate of drug-likeness (QED) is 0.196. The van der Waals surface area contributed by atoms with Gasteiger partial charge in [-0.05, 0) is 5.56 Å². The van der Waals surface area contributed by atoms with E-state index in [1.54, 1.807) is 30.3 Å². The molecule has 17 nitrogen and oxygen atoms in total. The highest BCUT2D eigenvalue weighted by Gasteiger charge is 2.57. The number of ether oxygens (including phenoxy) is 11. The van der Waals surface area contributed by atoms with Crippen molar-refractivity contribution >= 4 is 35.8 Å². The average Bonchev–Trinajstić information content (AvgIpc) is 3.01. The first kappa shape index (κ1) is 39.3. The molecule has 272 valence electrons. The predicted molar refractivity (Wildman–Crippen MR) is 160 cm³/mol. The Morgan fingerprint density at radius 2 is 0.980 bits per heavy atom. The summed E-state index contributed by atoms with van der Waals surface area (Å²) in [6.45, 7) is 5.84. The Morgan fingerprint density at radius 1 is 0.551 bits per heavy atom. The zero-order valence-corrected chi connectivity index (χ0v) is 28.2. The molecule has 0 saturated carbocycles. The van der Waals surface area contributed by atoms with Gasteiger partial charge in [0, 0.05) is 48.7 Å². The highest BCUT2D eigenvalue weighted by molar-refractivity contribution is 5.68. The summed E-state index contributed by atoms with van der Waals surface area (Å²) in [6, 6.07) is 8.89. The molecule has 2 fully saturated rings. The molecule has 0 aliphatic carbocycles. The summed E-state index contributed by atoms with van der Waals surface area (Å²) in [5, 5.41) is 0. The fraction of sp³-hybridized carbons (Fsp3) is 0.625. The highest BCUT2D eigenvalue weighted by atomic mass is 16.8. The van der Waals surface area contributed by atoms with Gasteiger partial charge in [-0.3, -0.25) is 28.8 Å². The lowest BCUT2D eigenvalue weighted by molar-refractivity contribution is -0.370. The molecule has 0 bridgehead atoms. The minimum absolute atomic E-state index is 0.0727. The number of esters is 6. The average molecular weight is 699 g/mol. The summed E-state index contributed by atoms with van der Waals surface area (Å²) < 4.78 is 62.9. The third kappa shape index (κ3) is 11.7. The number of carbonyl (C=O) groups excluding carboxylic acids is 6. The number of carbonyl (C=O) groups is 6. The molecule has 2 aliphatic rings. The van der Waals surface area contributed by atoms with Crippen LogP contribution >= 0.6 is 0 Å². The molecule has 3 rings (SSSR count). The molecule has 2 saturated heterocycles. The van der Waals surface area contributed by atoms with Crippen LogP contribution in [-0.4, -0.2) is 118 Å². The Kier molecular flexibility index (Phi) is 14.9. The summed E-state index contributed by atoms with van der Waals surface area (Å²) in [5.41, 5.74) is 0.700. The second-order valence-electron chi connectivity index (χ2n) is 11.1. The van der Waals surface area contributed by atoms with E-state index in [9.17, 15) is 28.8 Å². The maximum Gasteiger partial charge on any atom is 0.303 e. The minimum atomic E-state index is -1.56. The summed E-state index contributed by atoms with van der Waals surface area (Å²) in [5.74, 6) is -4.48. The zero-order chi connectivity index (χ0) is 36.2. The Balaban J connectivity index is 2.11. The number of benzene rings is 1. The third-order valence-corrected chi connectivity index (χ3v) is 7.10. The van der Waals surface area contributed by atoms with Crippen molar-refractivity contribution in [3.8, 4) is 0 Å².